The van der Waals surface area contributed by atoms with E-state index >= 15 is 0 Å². The minimum Gasteiger partial charge on any atom is -0.315 e. The van der Waals surface area contributed by atoms with Gasteiger partial charge in [0, 0.05) is 13.1 Å². The highest BCUT2D eigenvalue weighted by Gasteiger charge is 2.10. The summed E-state index contributed by atoms with van der Waals surface area (Å²) in [5.41, 5.74) is 0.448. The first kappa shape index (κ1) is 15.1. The Morgan fingerprint density at radius 1 is 1.22 bits per heavy atom. The molecule has 4 nitrogen and oxygen atoms in total. The molecule has 2 N–H and O–H groups in total. The molecule has 0 saturated carbocycles. The van der Waals surface area contributed by atoms with Crippen LogP contribution in [0.2, 0.25) is 0 Å². The van der Waals surface area contributed by atoms with Crippen molar-refractivity contribution in [3.63, 3.8) is 0 Å². The normalized spacial score (nSPS) is 11.7. The highest BCUT2D eigenvalue weighted by atomic mass is 32.2. The van der Waals surface area contributed by atoms with E-state index in [0.717, 1.165) is 13.0 Å². The van der Waals surface area contributed by atoms with Crippen molar-refractivity contribution in [1.82, 2.24) is 10.0 Å². The van der Waals surface area contributed by atoms with Crippen LogP contribution < -0.4 is 10.0 Å². The molecule has 0 aliphatic heterocycles. The zero-order chi connectivity index (χ0) is 13.4. The Morgan fingerprint density at radius 3 is 2.67 bits per heavy atom. The highest BCUT2D eigenvalue weighted by molar-refractivity contribution is 7.88. The Morgan fingerprint density at radius 2 is 2.00 bits per heavy atom. The van der Waals surface area contributed by atoms with Crippen molar-refractivity contribution >= 4 is 10.0 Å². The second kappa shape index (κ2) is 7.45. The molecular formula is C12H19FN2O2S. The molecule has 102 valence electrons. The van der Waals surface area contributed by atoms with Crippen molar-refractivity contribution in [3.05, 3.63) is 35.6 Å². The molecule has 0 spiro atoms. The van der Waals surface area contributed by atoms with Gasteiger partial charge in [0.15, 0.2) is 0 Å². The van der Waals surface area contributed by atoms with Gasteiger partial charge in [-0.3, -0.25) is 0 Å². The topological polar surface area (TPSA) is 58.2 Å². The van der Waals surface area contributed by atoms with Crippen molar-refractivity contribution in [3.8, 4) is 0 Å². The summed E-state index contributed by atoms with van der Waals surface area (Å²) in [4.78, 5) is 0. The van der Waals surface area contributed by atoms with Gasteiger partial charge in [0.25, 0.3) is 0 Å². The van der Waals surface area contributed by atoms with Crippen LogP contribution in [0.3, 0.4) is 0 Å². The van der Waals surface area contributed by atoms with Crippen molar-refractivity contribution in [1.29, 1.82) is 0 Å². The molecule has 0 aromatic heterocycles. The molecule has 0 atom stereocenters. The summed E-state index contributed by atoms with van der Waals surface area (Å²) < 4.78 is 38.7. The Bertz CT molecular complexity index is 463. The van der Waals surface area contributed by atoms with Crippen LogP contribution in [-0.4, -0.2) is 28.1 Å². The maximum absolute atomic E-state index is 12.9. The summed E-state index contributed by atoms with van der Waals surface area (Å²) in [6.45, 7) is 3.85. The van der Waals surface area contributed by atoms with Gasteiger partial charge < -0.3 is 5.32 Å². The lowest BCUT2D eigenvalue weighted by molar-refractivity contribution is 0.574. The lowest BCUT2D eigenvalue weighted by Gasteiger charge is -2.07. The van der Waals surface area contributed by atoms with Gasteiger partial charge in [0.05, 0.1) is 5.75 Å². The fourth-order valence-electron chi connectivity index (χ4n) is 1.49. The predicted octanol–water partition coefficient (Wildman–Crippen LogP) is 1.24. The molecule has 0 radical (unpaired) electrons. The number of benzene rings is 1. The minimum absolute atomic E-state index is 0.196. The van der Waals surface area contributed by atoms with Gasteiger partial charge in [-0.05, 0) is 30.7 Å². The van der Waals surface area contributed by atoms with Crippen molar-refractivity contribution < 1.29 is 12.8 Å². The third-order valence-electron chi connectivity index (χ3n) is 2.30. The van der Waals surface area contributed by atoms with Crippen LogP contribution in [0, 0.1) is 5.82 Å². The molecule has 0 aliphatic carbocycles. The van der Waals surface area contributed by atoms with E-state index in [1.807, 2.05) is 6.92 Å². The molecule has 6 heteroatoms. The molecule has 1 aromatic carbocycles. The molecule has 0 saturated heterocycles. The molecule has 0 fully saturated rings. The van der Waals surface area contributed by atoms with Crippen LogP contribution in [0.1, 0.15) is 18.9 Å². The molecule has 1 aromatic rings. The predicted molar refractivity (Wildman–Crippen MR) is 70.2 cm³/mol. The molecule has 1 rings (SSSR count). The van der Waals surface area contributed by atoms with E-state index in [4.69, 9.17) is 0 Å². The van der Waals surface area contributed by atoms with Gasteiger partial charge in [-0.15, -0.1) is 0 Å². The highest BCUT2D eigenvalue weighted by Crippen LogP contribution is 2.06. The third kappa shape index (κ3) is 6.09. The summed E-state index contributed by atoms with van der Waals surface area (Å²) in [5, 5.41) is 3.09. The lowest BCUT2D eigenvalue weighted by atomic mass is 10.2. The van der Waals surface area contributed by atoms with E-state index < -0.39 is 15.8 Å². The van der Waals surface area contributed by atoms with E-state index in [2.05, 4.69) is 10.0 Å². The molecule has 0 amide bonds. The smallest absolute Gasteiger partial charge is 0.215 e. The minimum atomic E-state index is -3.40. The van der Waals surface area contributed by atoms with E-state index in [0.29, 0.717) is 18.7 Å². The van der Waals surface area contributed by atoms with Gasteiger partial charge in [-0.1, -0.05) is 19.1 Å². The van der Waals surface area contributed by atoms with E-state index in [1.54, 1.807) is 6.07 Å². The summed E-state index contributed by atoms with van der Waals surface area (Å²) in [6.07, 6.45) is 1.01. The number of nitrogens with one attached hydrogen (secondary N) is 2. The van der Waals surface area contributed by atoms with Crippen LogP contribution in [-0.2, 0) is 15.8 Å². The average Bonchev–Trinajstić information content (AvgIpc) is 2.28. The first-order valence-electron chi connectivity index (χ1n) is 5.96. The monoisotopic (exact) mass is 274 g/mol. The van der Waals surface area contributed by atoms with Gasteiger partial charge in [-0.2, -0.15) is 0 Å². The largest absolute Gasteiger partial charge is 0.315 e. The van der Waals surface area contributed by atoms with Crippen LogP contribution in [0.5, 0.6) is 0 Å². The van der Waals surface area contributed by atoms with Gasteiger partial charge in [0.1, 0.15) is 5.82 Å². The van der Waals surface area contributed by atoms with Crippen molar-refractivity contribution in [2.24, 2.45) is 0 Å². The lowest BCUT2D eigenvalue weighted by Crippen LogP contribution is -2.32. The Hall–Kier alpha value is -0.980. The second-order valence-electron chi connectivity index (χ2n) is 4.03. The van der Waals surface area contributed by atoms with Crippen molar-refractivity contribution in [2.75, 3.05) is 19.6 Å². The van der Waals surface area contributed by atoms with Crippen LogP contribution in [0.25, 0.3) is 0 Å². The van der Waals surface area contributed by atoms with Gasteiger partial charge in [-0.25, -0.2) is 17.5 Å². The van der Waals surface area contributed by atoms with Crippen LogP contribution >= 0.6 is 0 Å². The maximum atomic E-state index is 12.9. The molecule has 0 bridgehead atoms. The third-order valence-corrected chi connectivity index (χ3v) is 3.65. The second-order valence-corrected chi connectivity index (χ2v) is 5.84. The molecular weight excluding hydrogens is 255 g/mol. The Labute approximate surface area is 108 Å². The quantitative estimate of drug-likeness (QED) is 0.701. The van der Waals surface area contributed by atoms with E-state index in [9.17, 15) is 12.8 Å². The zero-order valence-electron chi connectivity index (χ0n) is 10.4. The number of halogens is 1. The molecule has 0 unspecified atom stereocenters. The molecule has 18 heavy (non-hydrogen) atoms. The summed E-state index contributed by atoms with van der Waals surface area (Å²) in [6, 6.07) is 5.62. The van der Waals surface area contributed by atoms with Gasteiger partial charge >= 0.3 is 0 Å². The van der Waals surface area contributed by atoms with E-state index in [-0.39, 0.29) is 5.75 Å². The first-order valence-corrected chi connectivity index (χ1v) is 7.61. The van der Waals surface area contributed by atoms with Gasteiger partial charge in [0.2, 0.25) is 10.0 Å². The maximum Gasteiger partial charge on any atom is 0.215 e. The fourth-order valence-corrected chi connectivity index (χ4v) is 2.63. The number of rotatable bonds is 8. The summed E-state index contributed by atoms with van der Waals surface area (Å²) >= 11 is 0. The standard InChI is InChI=1S/C12H19FN2O2S/c1-2-6-14-7-8-15-18(16,17)10-11-4-3-5-12(13)9-11/h3-5,9,14-15H,2,6-8,10H2,1H3. The fraction of sp³-hybridized carbons (Fsp3) is 0.500. The molecule has 0 heterocycles. The number of hydrogen-bond donors (Lipinski definition) is 2. The number of sulfonamides is 1. The zero-order valence-corrected chi connectivity index (χ0v) is 11.3. The SMILES string of the molecule is CCCNCCNS(=O)(=O)Cc1cccc(F)c1. The first-order chi connectivity index (χ1) is 8.53. The van der Waals surface area contributed by atoms with Crippen LogP contribution in [0.4, 0.5) is 4.39 Å². The van der Waals surface area contributed by atoms with Crippen molar-refractivity contribution in [2.45, 2.75) is 19.1 Å². The number of hydrogen-bond acceptors (Lipinski definition) is 3. The van der Waals surface area contributed by atoms with E-state index in [1.165, 1.54) is 18.2 Å². The Balaban J connectivity index is 2.40. The van der Waals surface area contributed by atoms with Crippen LogP contribution in [0.15, 0.2) is 24.3 Å². The average molecular weight is 274 g/mol. The summed E-state index contributed by atoms with van der Waals surface area (Å²) in [7, 11) is -3.40. The molecule has 0 aliphatic rings. The summed E-state index contributed by atoms with van der Waals surface area (Å²) in [5.74, 6) is -0.620. The Kier molecular flexibility index (Phi) is 6.24.